The lowest BCUT2D eigenvalue weighted by molar-refractivity contribution is 0.661. The summed E-state index contributed by atoms with van der Waals surface area (Å²) >= 11 is 3.77. The Morgan fingerprint density at radius 1 is 0.458 bits per heavy atom. The van der Waals surface area contributed by atoms with Gasteiger partial charge in [-0.1, -0.05) is 117 Å². The fraction of sp³-hybridized carbons (Fsp3) is 0.0455. The Balaban J connectivity index is 0.910. The van der Waals surface area contributed by atoms with Crippen LogP contribution in [0, 0.1) is 0 Å². The Kier molecular flexibility index (Phi) is 7.55. The van der Waals surface area contributed by atoms with Crippen molar-refractivity contribution in [2.24, 2.45) is 0 Å². The van der Waals surface area contributed by atoms with Crippen molar-refractivity contribution < 1.29 is 4.42 Å². The Morgan fingerprint density at radius 3 is 2.11 bits per heavy atom. The van der Waals surface area contributed by atoms with E-state index in [0.29, 0.717) is 0 Å². The first kappa shape index (κ1) is 39.2. The highest BCUT2D eigenvalue weighted by molar-refractivity contribution is 7.26. The molecule has 0 aliphatic heterocycles. The normalized spacial score (nSPS) is 13.5. The number of furan rings is 1. The zero-order valence-corrected chi connectivity index (χ0v) is 40.8. The molecule has 0 N–H and O–H groups in total. The largest absolute Gasteiger partial charge is 0.456 e. The van der Waals surface area contributed by atoms with Gasteiger partial charge in [-0.3, -0.25) is 4.98 Å². The van der Waals surface area contributed by atoms with Gasteiger partial charge in [-0.05, 0) is 140 Å². The third-order valence-electron chi connectivity index (χ3n) is 16.1. The molecular formula is C66H39N3OS2. The lowest BCUT2D eigenvalue weighted by Crippen LogP contribution is -2.16. The molecule has 1 aliphatic rings. The van der Waals surface area contributed by atoms with Crippen molar-refractivity contribution in [1.82, 2.24) is 9.55 Å². The average molecular weight is 954 g/mol. The smallest absolute Gasteiger partial charge is 0.138 e. The van der Waals surface area contributed by atoms with Crippen LogP contribution in [-0.4, -0.2) is 9.55 Å². The van der Waals surface area contributed by atoms with Crippen LogP contribution in [0.5, 0.6) is 0 Å². The van der Waals surface area contributed by atoms with Gasteiger partial charge >= 0.3 is 0 Å². The lowest BCUT2D eigenvalue weighted by atomic mass is 9.81. The van der Waals surface area contributed by atoms with Gasteiger partial charge in [0.2, 0.25) is 0 Å². The van der Waals surface area contributed by atoms with Gasteiger partial charge < -0.3 is 13.9 Å². The maximum atomic E-state index is 6.37. The molecule has 5 aromatic heterocycles. The summed E-state index contributed by atoms with van der Waals surface area (Å²) in [7, 11) is 0. The maximum Gasteiger partial charge on any atom is 0.138 e. The summed E-state index contributed by atoms with van der Waals surface area (Å²) in [5.74, 6) is 0. The maximum absolute atomic E-state index is 6.37. The van der Waals surface area contributed by atoms with Crippen molar-refractivity contribution >= 4 is 156 Å². The van der Waals surface area contributed by atoms with Crippen LogP contribution >= 0.6 is 22.7 Å². The van der Waals surface area contributed by atoms with Crippen LogP contribution < -0.4 is 4.90 Å². The van der Waals surface area contributed by atoms with Crippen molar-refractivity contribution in [3.8, 4) is 16.8 Å². The second-order valence-corrected chi connectivity index (χ2v) is 22.4. The number of anilines is 3. The second kappa shape index (κ2) is 13.9. The number of fused-ring (bicyclic) bond motifs is 17. The summed E-state index contributed by atoms with van der Waals surface area (Å²) in [5, 5.41) is 17.6. The molecule has 6 heteroatoms. The van der Waals surface area contributed by atoms with Gasteiger partial charge in [0.15, 0.2) is 0 Å². The molecular weight excluding hydrogens is 915 g/mol. The quantitative estimate of drug-likeness (QED) is 0.165. The molecule has 4 nitrogen and oxygen atoms in total. The number of rotatable bonds is 4. The van der Waals surface area contributed by atoms with E-state index < -0.39 is 0 Å². The molecule has 0 saturated carbocycles. The molecule has 72 heavy (non-hydrogen) atoms. The van der Waals surface area contributed by atoms with Crippen LogP contribution in [-0.2, 0) is 5.41 Å². The topological polar surface area (TPSA) is 34.2 Å². The van der Waals surface area contributed by atoms with Crippen molar-refractivity contribution in [2.45, 2.75) is 19.3 Å². The minimum Gasteiger partial charge on any atom is -0.456 e. The molecule has 1 aliphatic carbocycles. The van der Waals surface area contributed by atoms with Crippen molar-refractivity contribution in [3.63, 3.8) is 0 Å². The lowest BCUT2D eigenvalue weighted by Gasteiger charge is -2.28. The van der Waals surface area contributed by atoms with E-state index in [1.165, 1.54) is 117 Å². The van der Waals surface area contributed by atoms with Crippen LogP contribution in [0.1, 0.15) is 25.0 Å². The fourth-order valence-corrected chi connectivity index (χ4v) is 15.2. The SMILES string of the molecule is CC1(C)c2cc(N(c3ccc4ccccc4c3)c3ccc4c(c3)sc3ccc5ccccc5c34)ccc2-c2c1cc1c3c2ccc2cc4sc5ccccc5c4c(c23)n1-c1ccc2oc3ccncc3c2c1. The van der Waals surface area contributed by atoms with Crippen LogP contribution in [0.3, 0.4) is 0 Å². The third kappa shape index (κ3) is 5.12. The molecule has 0 radical (unpaired) electrons. The van der Waals surface area contributed by atoms with Gasteiger partial charge in [0.25, 0.3) is 0 Å². The summed E-state index contributed by atoms with van der Waals surface area (Å²) in [6.07, 6.45) is 3.74. The van der Waals surface area contributed by atoms with Gasteiger partial charge in [0.05, 0.1) is 11.0 Å². The Labute approximate surface area is 420 Å². The molecule has 17 rings (SSSR count). The zero-order chi connectivity index (χ0) is 47.1. The minimum atomic E-state index is -0.326. The fourth-order valence-electron chi connectivity index (χ4n) is 12.9. The van der Waals surface area contributed by atoms with Gasteiger partial charge in [-0.25, -0.2) is 0 Å². The predicted octanol–water partition coefficient (Wildman–Crippen LogP) is 19.5. The van der Waals surface area contributed by atoms with E-state index >= 15 is 0 Å². The molecule has 0 spiro atoms. The number of benzene rings is 11. The van der Waals surface area contributed by atoms with Gasteiger partial charge in [-0.2, -0.15) is 0 Å². The van der Waals surface area contributed by atoms with E-state index in [1.54, 1.807) is 6.20 Å². The first-order valence-electron chi connectivity index (χ1n) is 24.7. The average Bonchev–Trinajstić information content (AvgIpc) is 4.22. The molecule has 0 fully saturated rings. The van der Waals surface area contributed by atoms with E-state index in [1.807, 2.05) is 34.9 Å². The number of nitrogens with zero attached hydrogens (tertiary/aromatic N) is 3. The number of hydrogen-bond donors (Lipinski definition) is 0. The summed E-state index contributed by atoms with van der Waals surface area (Å²) in [4.78, 5) is 6.99. The highest BCUT2D eigenvalue weighted by Gasteiger charge is 2.39. The van der Waals surface area contributed by atoms with Crippen molar-refractivity contribution in [1.29, 1.82) is 0 Å². The highest BCUT2D eigenvalue weighted by atomic mass is 32.1. The first-order chi connectivity index (χ1) is 35.4. The van der Waals surface area contributed by atoms with Crippen LogP contribution in [0.2, 0.25) is 0 Å². The number of aromatic nitrogens is 2. The van der Waals surface area contributed by atoms with E-state index in [0.717, 1.165) is 44.7 Å². The zero-order valence-electron chi connectivity index (χ0n) is 39.1. The Bertz CT molecular complexity index is 5050. The van der Waals surface area contributed by atoms with E-state index in [4.69, 9.17) is 4.42 Å². The Morgan fingerprint density at radius 2 is 1.18 bits per heavy atom. The van der Waals surface area contributed by atoms with E-state index in [2.05, 4.69) is 210 Å². The Hall–Kier alpha value is -8.55. The number of thiophene rings is 2. The molecule has 0 atom stereocenters. The van der Waals surface area contributed by atoms with Crippen molar-refractivity contribution in [2.75, 3.05) is 4.90 Å². The van der Waals surface area contributed by atoms with Crippen LogP contribution in [0.25, 0.3) is 133 Å². The van der Waals surface area contributed by atoms with Gasteiger partial charge in [0.1, 0.15) is 11.2 Å². The third-order valence-corrected chi connectivity index (χ3v) is 18.4. The van der Waals surface area contributed by atoms with Crippen LogP contribution in [0.15, 0.2) is 205 Å². The molecule has 11 aromatic carbocycles. The molecule has 5 heterocycles. The standard InChI is InChI=1S/C66H39N3OS2/c1-66(2)51-32-42(68(40-18-15-36-9-3-4-11-38(36)29-40)43-20-24-47-58(33-43)72-57-26-17-37-10-5-6-12-44(37)62(47)57)19-23-45(51)61-48-22-16-39-30-59-64(46-13-7-8-14-56(46)71-59)65-60(39)63(48)53(34-52(61)66)69(65)41-21-25-54-49(31-41)50-35-67-28-27-55(50)70-54/h3-35H,1-2H3. The highest BCUT2D eigenvalue weighted by Crippen LogP contribution is 2.57. The number of hydrogen-bond acceptors (Lipinski definition) is 5. The van der Waals surface area contributed by atoms with E-state index in [9.17, 15) is 0 Å². The summed E-state index contributed by atoms with van der Waals surface area (Å²) in [6.45, 7) is 4.86. The number of pyridine rings is 1. The van der Waals surface area contributed by atoms with Crippen LogP contribution in [0.4, 0.5) is 17.1 Å². The second-order valence-electron chi connectivity index (χ2n) is 20.3. The molecule has 336 valence electrons. The summed E-state index contributed by atoms with van der Waals surface area (Å²) < 4.78 is 14.1. The monoisotopic (exact) mass is 953 g/mol. The van der Waals surface area contributed by atoms with E-state index in [-0.39, 0.29) is 5.41 Å². The van der Waals surface area contributed by atoms with Gasteiger partial charge in [-0.15, -0.1) is 22.7 Å². The van der Waals surface area contributed by atoms with Gasteiger partial charge in [0, 0.05) is 102 Å². The first-order valence-corrected chi connectivity index (χ1v) is 26.3. The molecule has 16 aromatic rings. The molecule has 0 unspecified atom stereocenters. The van der Waals surface area contributed by atoms with Crippen molar-refractivity contribution in [3.05, 3.63) is 212 Å². The minimum absolute atomic E-state index is 0.326. The predicted molar refractivity (Wildman–Crippen MR) is 308 cm³/mol. The molecule has 0 saturated heterocycles. The molecule has 0 amide bonds. The molecule has 0 bridgehead atoms. The summed E-state index contributed by atoms with van der Waals surface area (Å²) in [6, 6.07) is 70.6. The summed E-state index contributed by atoms with van der Waals surface area (Å²) in [5.41, 5.74) is 13.7.